The van der Waals surface area contributed by atoms with Crippen LogP contribution in [0.5, 0.6) is 0 Å². The average Bonchev–Trinajstić information content (AvgIpc) is 2.92. The Labute approximate surface area is 98.4 Å². The van der Waals surface area contributed by atoms with Crippen LogP contribution in [0.2, 0.25) is 0 Å². The molecular weight excluding hydrogens is 245 g/mol. The van der Waals surface area contributed by atoms with Crippen molar-refractivity contribution in [2.45, 2.75) is 38.4 Å². The molecule has 16 heavy (non-hydrogen) atoms. The van der Waals surface area contributed by atoms with Gasteiger partial charge in [0.1, 0.15) is 0 Å². The summed E-state index contributed by atoms with van der Waals surface area (Å²) in [6, 6.07) is -2.41. The van der Waals surface area contributed by atoms with Crippen LogP contribution < -0.4 is 11.1 Å². The van der Waals surface area contributed by atoms with Gasteiger partial charge >= 0.3 is 6.18 Å². The van der Waals surface area contributed by atoms with Crippen LogP contribution in [0.25, 0.3) is 0 Å². The molecule has 0 aliphatic heterocycles. The van der Waals surface area contributed by atoms with Gasteiger partial charge < -0.3 is 11.1 Å². The normalized spacial score (nSPS) is 19.6. The van der Waals surface area contributed by atoms with E-state index in [0.717, 1.165) is 19.3 Å². The average molecular weight is 261 g/mol. The van der Waals surface area contributed by atoms with Gasteiger partial charge in [-0.05, 0) is 24.7 Å². The van der Waals surface area contributed by atoms with Crippen molar-refractivity contribution in [1.82, 2.24) is 5.32 Å². The summed E-state index contributed by atoms with van der Waals surface area (Å²) in [5.41, 5.74) is 4.78. The molecule has 1 rings (SSSR count). The van der Waals surface area contributed by atoms with Crippen LogP contribution in [0, 0.1) is 5.41 Å². The molecule has 1 aliphatic rings. The minimum absolute atomic E-state index is 0. The van der Waals surface area contributed by atoms with E-state index < -0.39 is 18.1 Å². The van der Waals surface area contributed by atoms with Crippen molar-refractivity contribution in [1.29, 1.82) is 0 Å². The monoisotopic (exact) mass is 260 g/mol. The zero-order chi connectivity index (χ0) is 11.7. The van der Waals surface area contributed by atoms with Crippen molar-refractivity contribution in [2.24, 2.45) is 11.1 Å². The van der Waals surface area contributed by atoms with Gasteiger partial charge in [0.2, 0.25) is 5.91 Å². The van der Waals surface area contributed by atoms with Gasteiger partial charge in [-0.3, -0.25) is 4.79 Å². The standard InChI is InChI=1S/C9H15F3N2O.ClH/c1-2-8(3-4-8)5-14-7(15)6(13)9(10,11)12;/h6H,2-5,13H2,1H3,(H,14,15);1H. The maximum atomic E-state index is 12.0. The van der Waals surface area contributed by atoms with E-state index in [9.17, 15) is 18.0 Å². The highest BCUT2D eigenvalue weighted by Crippen LogP contribution is 2.47. The molecule has 3 nitrogen and oxygen atoms in total. The van der Waals surface area contributed by atoms with Gasteiger partial charge in [-0.15, -0.1) is 12.4 Å². The number of hydrogen-bond acceptors (Lipinski definition) is 2. The highest BCUT2D eigenvalue weighted by Gasteiger charge is 2.44. The van der Waals surface area contributed by atoms with E-state index in [0.29, 0.717) is 6.54 Å². The number of halogens is 4. The predicted octanol–water partition coefficient (Wildman–Crippen LogP) is 1.60. The SMILES string of the molecule is CCC1(CNC(=O)C(N)C(F)(F)F)CC1.Cl. The Morgan fingerprint density at radius 3 is 2.31 bits per heavy atom. The summed E-state index contributed by atoms with van der Waals surface area (Å²) < 4.78 is 36.1. The molecule has 3 N–H and O–H groups in total. The molecule has 1 amide bonds. The van der Waals surface area contributed by atoms with Crippen molar-refractivity contribution in [2.75, 3.05) is 6.54 Å². The minimum Gasteiger partial charge on any atom is -0.354 e. The van der Waals surface area contributed by atoms with Gasteiger partial charge in [0, 0.05) is 6.54 Å². The Morgan fingerprint density at radius 2 is 2.00 bits per heavy atom. The first kappa shape index (κ1) is 15.5. The van der Waals surface area contributed by atoms with Crippen molar-refractivity contribution in [3.63, 3.8) is 0 Å². The van der Waals surface area contributed by atoms with Crippen LogP contribution in [0.3, 0.4) is 0 Å². The molecule has 0 bridgehead atoms. The molecule has 1 saturated carbocycles. The highest BCUT2D eigenvalue weighted by molar-refractivity contribution is 5.85. The first-order valence-electron chi connectivity index (χ1n) is 4.91. The third-order valence-electron chi connectivity index (χ3n) is 2.98. The number of nitrogens with two attached hydrogens (primary N) is 1. The lowest BCUT2D eigenvalue weighted by molar-refractivity contribution is -0.162. The van der Waals surface area contributed by atoms with Gasteiger partial charge in [-0.25, -0.2) is 0 Å². The fraction of sp³-hybridized carbons (Fsp3) is 0.889. The lowest BCUT2D eigenvalue weighted by atomic mass is 10.0. The Balaban J connectivity index is 0.00000225. The third-order valence-corrected chi connectivity index (χ3v) is 2.98. The maximum absolute atomic E-state index is 12.0. The van der Waals surface area contributed by atoms with Crippen molar-refractivity contribution < 1.29 is 18.0 Å². The molecule has 1 aliphatic carbocycles. The lowest BCUT2D eigenvalue weighted by Crippen LogP contribution is -2.51. The number of amides is 1. The highest BCUT2D eigenvalue weighted by atomic mass is 35.5. The molecule has 7 heteroatoms. The van der Waals surface area contributed by atoms with E-state index in [4.69, 9.17) is 5.73 Å². The predicted molar refractivity (Wildman–Crippen MR) is 56.2 cm³/mol. The quantitative estimate of drug-likeness (QED) is 0.807. The molecular formula is C9H16ClF3N2O. The van der Waals surface area contributed by atoms with Crippen LogP contribution in [0.1, 0.15) is 26.2 Å². The van der Waals surface area contributed by atoms with E-state index in [1.54, 1.807) is 0 Å². The van der Waals surface area contributed by atoms with E-state index in [-0.39, 0.29) is 17.8 Å². The van der Waals surface area contributed by atoms with Crippen LogP contribution in [-0.2, 0) is 4.79 Å². The zero-order valence-electron chi connectivity index (χ0n) is 8.93. The van der Waals surface area contributed by atoms with Gasteiger partial charge in [-0.1, -0.05) is 6.92 Å². The smallest absolute Gasteiger partial charge is 0.354 e. The lowest BCUT2D eigenvalue weighted by Gasteiger charge is -2.18. The largest absolute Gasteiger partial charge is 0.412 e. The number of carbonyl (C=O) groups is 1. The summed E-state index contributed by atoms with van der Waals surface area (Å²) in [7, 11) is 0. The second kappa shape index (κ2) is 5.23. The van der Waals surface area contributed by atoms with Crippen molar-refractivity contribution >= 4 is 18.3 Å². The van der Waals surface area contributed by atoms with Crippen LogP contribution >= 0.6 is 12.4 Å². The van der Waals surface area contributed by atoms with Gasteiger partial charge in [0.15, 0.2) is 6.04 Å². The summed E-state index contributed by atoms with van der Waals surface area (Å²) in [6.45, 7) is 2.26. The van der Waals surface area contributed by atoms with Gasteiger partial charge in [0.05, 0.1) is 0 Å². The molecule has 1 unspecified atom stereocenters. The molecule has 0 saturated heterocycles. The molecule has 0 radical (unpaired) electrons. The van der Waals surface area contributed by atoms with Gasteiger partial charge in [0.25, 0.3) is 0 Å². The molecule has 96 valence electrons. The summed E-state index contributed by atoms with van der Waals surface area (Å²) in [4.78, 5) is 11.0. The molecule has 0 aromatic carbocycles. The van der Waals surface area contributed by atoms with Crippen LogP contribution in [0.4, 0.5) is 13.2 Å². The fourth-order valence-corrected chi connectivity index (χ4v) is 1.37. The first-order valence-corrected chi connectivity index (χ1v) is 4.91. The second-order valence-electron chi connectivity index (χ2n) is 4.09. The number of carbonyl (C=O) groups excluding carboxylic acids is 1. The van der Waals surface area contributed by atoms with E-state index in [1.807, 2.05) is 6.92 Å². The van der Waals surface area contributed by atoms with Crippen LogP contribution in [0.15, 0.2) is 0 Å². The van der Waals surface area contributed by atoms with E-state index in [1.165, 1.54) is 0 Å². The van der Waals surface area contributed by atoms with E-state index in [2.05, 4.69) is 5.32 Å². The van der Waals surface area contributed by atoms with Gasteiger partial charge in [-0.2, -0.15) is 13.2 Å². The zero-order valence-corrected chi connectivity index (χ0v) is 9.75. The van der Waals surface area contributed by atoms with E-state index >= 15 is 0 Å². The number of hydrogen-bond donors (Lipinski definition) is 2. The summed E-state index contributed by atoms with van der Waals surface area (Å²) in [5.74, 6) is -1.14. The van der Waals surface area contributed by atoms with Crippen molar-refractivity contribution in [3.05, 3.63) is 0 Å². The first-order chi connectivity index (χ1) is 6.81. The Kier molecular flexibility index (Phi) is 5.07. The van der Waals surface area contributed by atoms with Crippen molar-refractivity contribution in [3.8, 4) is 0 Å². The molecule has 0 aromatic heterocycles. The second-order valence-corrected chi connectivity index (χ2v) is 4.09. The minimum atomic E-state index is -4.66. The molecule has 1 fully saturated rings. The molecule has 0 heterocycles. The number of nitrogens with one attached hydrogen (secondary N) is 1. The Morgan fingerprint density at radius 1 is 1.50 bits per heavy atom. The fourth-order valence-electron chi connectivity index (χ4n) is 1.37. The maximum Gasteiger partial charge on any atom is 0.412 e. The molecule has 0 aromatic rings. The molecule has 0 spiro atoms. The summed E-state index contributed by atoms with van der Waals surface area (Å²) >= 11 is 0. The summed E-state index contributed by atoms with van der Waals surface area (Å²) in [6.07, 6.45) is -1.86. The topological polar surface area (TPSA) is 55.1 Å². The van der Waals surface area contributed by atoms with Crippen LogP contribution in [-0.4, -0.2) is 24.7 Å². The number of rotatable bonds is 4. The Bertz CT molecular complexity index is 254. The number of alkyl halides is 3. The third kappa shape index (κ3) is 3.83. The summed E-state index contributed by atoms with van der Waals surface area (Å²) in [5, 5.41) is 2.26. The Hall–Kier alpha value is -0.490. The molecule has 1 atom stereocenters.